The third-order valence-corrected chi connectivity index (χ3v) is 4.05. The summed E-state index contributed by atoms with van der Waals surface area (Å²) in [5.41, 5.74) is 0. The summed E-state index contributed by atoms with van der Waals surface area (Å²) in [6, 6.07) is 0.571. The average molecular weight is 293 g/mol. The molecule has 1 fully saturated rings. The van der Waals surface area contributed by atoms with Gasteiger partial charge in [0.15, 0.2) is 0 Å². The first-order chi connectivity index (χ1) is 10.1. The lowest BCUT2D eigenvalue weighted by atomic mass is 10.2. The summed E-state index contributed by atoms with van der Waals surface area (Å²) >= 11 is 0. The van der Waals surface area contributed by atoms with Crippen LogP contribution in [0.25, 0.3) is 0 Å². The van der Waals surface area contributed by atoms with Crippen LogP contribution in [-0.2, 0) is 17.9 Å². The quantitative estimate of drug-likeness (QED) is 0.797. The minimum atomic E-state index is 0.0838. The molecule has 0 spiro atoms. The predicted octanol–water partition coefficient (Wildman–Crippen LogP) is 0.545. The fourth-order valence-corrected chi connectivity index (χ4v) is 2.77. The largest absolute Gasteiger partial charge is 0.348 e. The first-order valence-corrected chi connectivity index (χ1v) is 7.75. The van der Waals surface area contributed by atoms with Crippen LogP contribution in [0.15, 0.2) is 12.4 Å². The summed E-state index contributed by atoms with van der Waals surface area (Å²) in [7, 11) is 4.20. The van der Waals surface area contributed by atoms with Crippen LogP contribution in [0.4, 0.5) is 0 Å². The second kappa shape index (κ2) is 7.56. The predicted molar refractivity (Wildman–Crippen MR) is 82.9 cm³/mol. The molecule has 6 heteroatoms. The van der Waals surface area contributed by atoms with Crippen LogP contribution < -0.4 is 5.32 Å². The van der Waals surface area contributed by atoms with Gasteiger partial charge in [0.25, 0.3) is 0 Å². The zero-order valence-corrected chi connectivity index (χ0v) is 13.4. The van der Waals surface area contributed by atoms with Gasteiger partial charge in [-0.05, 0) is 26.9 Å². The van der Waals surface area contributed by atoms with Gasteiger partial charge in [0.1, 0.15) is 5.82 Å². The van der Waals surface area contributed by atoms with Gasteiger partial charge < -0.3 is 14.8 Å². The van der Waals surface area contributed by atoms with Crippen LogP contribution in [0.1, 0.15) is 25.6 Å². The fraction of sp³-hybridized carbons (Fsp3) is 0.733. The second-order valence-corrected chi connectivity index (χ2v) is 5.95. The van der Waals surface area contributed by atoms with Crippen LogP contribution in [-0.4, -0.2) is 65.0 Å². The van der Waals surface area contributed by atoms with Crippen molar-refractivity contribution in [3.8, 4) is 0 Å². The number of aryl methyl sites for hydroxylation is 1. The molecule has 0 unspecified atom stereocenters. The number of rotatable bonds is 7. The Hall–Kier alpha value is -1.40. The molecule has 21 heavy (non-hydrogen) atoms. The molecule has 0 saturated carbocycles. The molecule has 1 aromatic heterocycles. The van der Waals surface area contributed by atoms with E-state index in [9.17, 15) is 4.79 Å². The number of aromatic nitrogens is 2. The van der Waals surface area contributed by atoms with Crippen molar-refractivity contribution in [2.75, 3.05) is 33.7 Å². The standard InChI is InChI=1S/C15H27N5O/c1-4-7-20-9-6-16-14(20)10-17-15(21)12-19-8-5-13(11-19)18(2)3/h6,9,13H,4-5,7-8,10-12H2,1-3H3,(H,17,21)/t13-/m0/s1. The van der Waals surface area contributed by atoms with E-state index >= 15 is 0 Å². The van der Waals surface area contributed by atoms with Gasteiger partial charge in [-0.1, -0.05) is 6.92 Å². The van der Waals surface area contributed by atoms with Crippen LogP contribution >= 0.6 is 0 Å². The van der Waals surface area contributed by atoms with E-state index in [1.54, 1.807) is 6.20 Å². The molecule has 6 nitrogen and oxygen atoms in total. The molecule has 1 saturated heterocycles. The van der Waals surface area contributed by atoms with E-state index < -0.39 is 0 Å². The van der Waals surface area contributed by atoms with Crippen molar-refractivity contribution in [2.24, 2.45) is 0 Å². The number of imidazole rings is 1. The van der Waals surface area contributed by atoms with E-state index in [4.69, 9.17) is 0 Å². The molecule has 1 amide bonds. The van der Waals surface area contributed by atoms with E-state index in [-0.39, 0.29) is 5.91 Å². The maximum Gasteiger partial charge on any atom is 0.234 e. The van der Waals surface area contributed by atoms with Crippen LogP contribution in [0.2, 0.25) is 0 Å². The Bertz CT molecular complexity index is 457. The van der Waals surface area contributed by atoms with E-state index in [0.717, 1.165) is 38.3 Å². The molecule has 0 radical (unpaired) electrons. The van der Waals surface area contributed by atoms with Gasteiger partial charge in [0.2, 0.25) is 5.91 Å². The number of nitrogens with zero attached hydrogens (tertiary/aromatic N) is 4. The smallest absolute Gasteiger partial charge is 0.234 e. The Morgan fingerprint density at radius 2 is 2.33 bits per heavy atom. The zero-order chi connectivity index (χ0) is 15.2. The molecule has 2 heterocycles. The molecule has 0 aromatic carbocycles. The monoisotopic (exact) mass is 293 g/mol. The highest BCUT2D eigenvalue weighted by Crippen LogP contribution is 2.12. The Balaban J connectivity index is 1.74. The average Bonchev–Trinajstić information content (AvgIpc) is 3.06. The van der Waals surface area contributed by atoms with E-state index in [2.05, 4.69) is 45.7 Å². The number of hydrogen-bond donors (Lipinski definition) is 1. The highest BCUT2D eigenvalue weighted by molar-refractivity contribution is 5.77. The summed E-state index contributed by atoms with van der Waals surface area (Å²) in [5, 5.41) is 2.98. The van der Waals surface area contributed by atoms with Crippen molar-refractivity contribution in [2.45, 2.75) is 38.9 Å². The Morgan fingerprint density at radius 3 is 3.00 bits per heavy atom. The SMILES string of the molecule is CCCn1ccnc1CNC(=O)CN1CC[C@H](N(C)C)C1. The van der Waals surface area contributed by atoms with Gasteiger partial charge in [-0.25, -0.2) is 4.98 Å². The summed E-state index contributed by atoms with van der Waals surface area (Å²) < 4.78 is 2.10. The third kappa shape index (κ3) is 4.54. The van der Waals surface area contributed by atoms with Crippen LogP contribution in [0.5, 0.6) is 0 Å². The molecule has 0 aliphatic carbocycles. The second-order valence-electron chi connectivity index (χ2n) is 5.95. The summed E-state index contributed by atoms with van der Waals surface area (Å²) in [5.74, 6) is 1.01. The number of carbonyl (C=O) groups is 1. The van der Waals surface area contributed by atoms with E-state index in [1.807, 2.05) is 6.20 Å². The molecule has 1 aromatic rings. The first kappa shape index (κ1) is 16.0. The minimum absolute atomic E-state index is 0.0838. The molecule has 118 valence electrons. The normalized spacial score (nSPS) is 19.3. The Kier molecular flexibility index (Phi) is 5.76. The lowest BCUT2D eigenvalue weighted by Crippen LogP contribution is -2.38. The van der Waals surface area contributed by atoms with E-state index in [0.29, 0.717) is 19.1 Å². The molecule has 2 rings (SSSR count). The lowest BCUT2D eigenvalue weighted by molar-refractivity contribution is -0.122. The number of amides is 1. The Labute approximate surface area is 127 Å². The Morgan fingerprint density at radius 1 is 1.52 bits per heavy atom. The van der Waals surface area contributed by atoms with Gasteiger partial charge in [-0.2, -0.15) is 0 Å². The summed E-state index contributed by atoms with van der Waals surface area (Å²) in [6.45, 7) is 6.06. The van der Waals surface area contributed by atoms with Gasteiger partial charge in [-0.15, -0.1) is 0 Å². The number of hydrogen-bond acceptors (Lipinski definition) is 4. The molecule has 1 aliphatic heterocycles. The molecule has 1 N–H and O–H groups in total. The van der Waals surface area contributed by atoms with Crippen molar-refractivity contribution in [1.29, 1.82) is 0 Å². The first-order valence-electron chi connectivity index (χ1n) is 7.75. The van der Waals surface area contributed by atoms with Gasteiger partial charge in [0.05, 0.1) is 13.1 Å². The molecule has 1 atom stereocenters. The molecular weight excluding hydrogens is 266 g/mol. The number of nitrogens with one attached hydrogen (secondary N) is 1. The van der Waals surface area contributed by atoms with Crippen molar-refractivity contribution >= 4 is 5.91 Å². The van der Waals surface area contributed by atoms with Gasteiger partial charge >= 0.3 is 0 Å². The highest BCUT2D eigenvalue weighted by Gasteiger charge is 2.25. The fourth-order valence-electron chi connectivity index (χ4n) is 2.77. The van der Waals surface area contributed by atoms with Crippen molar-refractivity contribution in [3.05, 3.63) is 18.2 Å². The number of likely N-dealkylation sites (N-methyl/N-ethyl adjacent to an activating group) is 1. The molecular formula is C15H27N5O. The maximum atomic E-state index is 12.0. The van der Waals surface area contributed by atoms with Crippen molar-refractivity contribution < 1.29 is 4.79 Å². The van der Waals surface area contributed by atoms with Crippen molar-refractivity contribution in [1.82, 2.24) is 24.7 Å². The number of carbonyl (C=O) groups excluding carboxylic acids is 1. The molecule has 0 bridgehead atoms. The zero-order valence-electron chi connectivity index (χ0n) is 13.4. The topological polar surface area (TPSA) is 53.4 Å². The van der Waals surface area contributed by atoms with E-state index in [1.165, 1.54) is 0 Å². The maximum absolute atomic E-state index is 12.0. The number of likely N-dealkylation sites (tertiary alicyclic amines) is 1. The lowest BCUT2D eigenvalue weighted by Gasteiger charge is -2.20. The van der Waals surface area contributed by atoms with Crippen molar-refractivity contribution in [3.63, 3.8) is 0 Å². The summed E-state index contributed by atoms with van der Waals surface area (Å²) in [4.78, 5) is 20.8. The van der Waals surface area contributed by atoms with Gasteiger partial charge in [0, 0.05) is 38.1 Å². The van der Waals surface area contributed by atoms with Crippen LogP contribution in [0.3, 0.4) is 0 Å². The minimum Gasteiger partial charge on any atom is -0.348 e. The van der Waals surface area contributed by atoms with Crippen LogP contribution in [0, 0.1) is 0 Å². The van der Waals surface area contributed by atoms with Gasteiger partial charge in [-0.3, -0.25) is 9.69 Å². The third-order valence-electron chi connectivity index (χ3n) is 4.05. The highest BCUT2D eigenvalue weighted by atomic mass is 16.2. The summed E-state index contributed by atoms with van der Waals surface area (Å²) in [6.07, 6.45) is 5.96. The molecule has 1 aliphatic rings.